The van der Waals surface area contributed by atoms with E-state index in [0.717, 1.165) is 9.13 Å². The average molecular weight is 558 g/mol. The Morgan fingerprint density at radius 1 is 1.23 bits per heavy atom. The zero-order valence-electron chi connectivity index (χ0n) is 16.7. The second-order valence-corrected chi connectivity index (χ2v) is 10.1. The van der Waals surface area contributed by atoms with Crippen molar-refractivity contribution < 1.29 is 19.0 Å². The van der Waals surface area contributed by atoms with Gasteiger partial charge in [0.15, 0.2) is 18.1 Å². The summed E-state index contributed by atoms with van der Waals surface area (Å²) in [5, 5.41) is 4.01. The third kappa shape index (κ3) is 6.45. The Labute approximate surface area is 198 Å². The van der Waals surface area contributed by atoms with Gasteiger partial charge in [0.25, 0.3) is 5.91 Å². The van der Waals surface area contributed by atoms with E-state index in [4.69, 9.17) is 14.2 Å². The van der Waals surface area contributed by atoms with Gasteiger partial charge < -0.3 is 14.2 Å². The molecule has 1 N–H and O–H groups in total. The number of carbonyl (C=O) groups is 1. The minimum atomic E-state index is -0.328. The standard InChI is InChI=1S/C21H23IN2O4S2/c1-3-27-18-11-14(10-17(22)20(18)26-2)12-23-24-19(25)13-28-16-6-4-15(5-7-16)21-29-8-9-30-21/h4-7,10-12,21H,3,8-9,13H2,1-2H3,(H,24,25)/b23-12-. The van der Waals surface area contributed by atoms with Crippen LogP contribution in [0.2, 0.25) is 0 Å². The minimum absolute atomic E-state index is 0.103. The predicted molar refractivity (Wildman–Crippen MR) is 132 cm³/mol. The Balaban J connectivity index is 1.50. The molecule has 0 atom stereocenters. The molecule has 6 nitrogen and oxygen atoms in total. The largest absolute Gasteiger partial charge is 0.492 e. The van der Waals surface area contributed by atoms with Crippen LogP contribution >= 0.6 is 46.1 Å². The van der Waals surface area contributed by atoms with Crippen molar-refractivity contribution in [1.82, 2.24) is 5.43 Å². The number of hydrogen-bond donors (Lipinski definition) is 1. The lowest BCUT2D eigenvalue weighted by Crippen LogP contribution is -2.24. The third-order valence-electron chi connectivity index (χ3n) is 4.08. The number of benzene rings is 2. The van der Waals surface area contributed by atoms with Crippen LogP contribution in [0.4, 0.5) is 0 Å². The molecule has 9 heteroatoms. The number of amides is 1. The minimum Gasteiger partial charge on any atom is -0.492 e. The van der Waals surface area contributed by atoms with E-state index in [-0.39, 0.29) is 12.5 Å². The normalized spacial score (nSPS) is 14.1. The van der Waals surface area contributed by atoms with E-state index < -0.39 is 0 Å². The Bertz CT molecular complexity index is 887. The first kappa shape index (κ1) is 23.1. The summed E-state index contributed by atoms with van der Waals surface area (Å²) in [5.41, 5.74) is 4.56. The molecule has 0 spiro atoms. The van der Waals surface area contributed by atoms with E-state index in [1.165, 1.54) is 17.1 Å². The fourth-order valence-corrected chi connectivity index (χ4v) is 6.46. The highest BCUT2D eigenvalue weighted by molar-refractivity contribution is 14.1. The summed E-state index contributed by atoms with van der Waals surface area (Å²) in [6, 6.07) is 11.6. The SMILES string of the molecule is CCOc1cc(/C=N\NC(=O)COc2ccc(C3SCCS3)cc2)cc(I)c1OC. The molecule has 1 heterocycles. The summed E-state index contributed by atoms with van der Waals surface area (Å²) in [7, 11) is 1.61. The smallest absolute Gasteiger partial charge is 0.277 e. The van der Waals surface area contributed by atoms with Crippen LogP contribution in [0.5, 0.6) is 17.2 Å². The number of halogens is 1. The van der Waals surface area contributed by atoms with Crippen LogP contribution in [0.25, 0.3) is 0 Å². The molecule has 1 aliphatic heterocycles. The molecule has 1 amide bonds. The molecule has 1 saturated heterocycles. The first-order valence-electron chi connectivity index (χ1n) is 9.39. The van der Waals surface area contributed by atoms with Crippen molar-refractivity contribution in [3.8, 4) is 17.2 Å². The zero-order chi connectivity index (χ0) is 21.3. The number of nitrogens with zero attached hydrogens (tertiary/aromatic N) is 1. The van der Waals surface area contributed by atoms with Gasteiger partial charge in [0, 0.05) is 11.5 Å². The van der Waals surface area contributed by atoms with Gasteiger partial charge in [-0.15, -0.1) is 23.5 Å². The molecule has 160 valence electrons. The van der Waals surface area contributed by atoms with Crippen LogP contribution in [0, 0.1) is 3.57 Å². The van der Waals surface area contributed by atoms with Crippen LogP contribution in [0.3, 0.4) is 0 Å². The number of hydrazone groups is 1. The molecule has 0 saturated carbocycles. The lowest BCUT2D eigenvalue weighted by atomic mass is 10.2. The van der Waals surface area contributed by atoms with E-state index in [0.29, 0.717) is 28.4 Å². The van der Waals surface area contributed by atoms with Crippen molar-refractivity contribution in [2.45, 2.75) is 11.5 Å². The van der Waals surface area contributed by atoms with Crippen molar-refractivity contribution in [1.29, 1.82) is 0 Å². The second kappa shape index (κ2) is 11.7. The molecule has 2 aromatic carbocycles. The molecule has 0 unspecified atom stereocenters. The maximum Gasteiger partial charge on any atom is 0.277 e. The van der Waals surface area contributed by atoms with E-state index in [9.17, 15) is 4.79 Å². The average Bonchev–Trinajstić information content (AvgIpc) is 3.28. The lowest BCUT2D eigenvalue weighted by Gasteiger charge is -2.12. The molecule has 2 aromatic rings. The van der Waals surface area contributed by atoms with Gasteiger partial charge in [-0.3, -0.25) is 4.79 Å². The number of carbonyl (C=O) groups excluding carboxylic acids is 1. The van der Waals surface area contributed by atoms with Gasteiger partial charge in [-0.25, -0.2) is 5.43 Å². The van der Waals surface area contributed by atoms with Gasteiger partial charge in [0.05, 0.1) is 28.1 Å². The highest BCUT2D eigenvalue weighted by atomic mass is 127. The summed E-state index contributed by atoms with van der Waals surface area (Å²) < 4.78 is 17.9. The monoisotopic (exact) mass is 558 g/mol. The van der Waals surface area contributed by atoms with Crippen LogP contribution in [-0.4, -0.2) is 44.0 Å². The predicted octanol–water partition coefficient (Wildman–Crippen LogP) is 4.71. The van der Waals surface area contributed by atoms with Crippen LogP contribution in [0.15, 0.2) is 41.5 Å². The van der Waals surface area contributed by atoms with Gasteiger partial charge in [-0.2, -0.15) is 5.10 Å². The molecule has 1 fully saturated rings. The Morgan fingerprint density at radius 2 is 1.97 bits per heavy atom. The Kier molecular flexibility index (Phi) is 9.01. The molecule has 30 heavy (non-hydrogen) atoms. The van der Waals surface area contributed by atoms with Gasteiger partial charge >= 0.3 is 0 Å². The fraction of sp³-hybridized carbons (Fsp3) is 0.333. The molecule has 0 aliphatic carbocycles. The summed E-state index contributed by atoms with van der Waals surface area (Å²) in [4.78, 5) is 12.0. The Morgan fingerprint density at radius 3 is 2.63 bits per heavy atom. The topological polar surface area (TPSA) is 69.2 Å². The fourth-order valence-electron chi connectivity index (χ4n) is 2.76. The van der Waals surface area contributed by atoms with E-state index >= 15 is 0 Å². The van der Waals surface area contributed by atoms with Crippen molar-refractivity contribution in [3.63, 3.8) is 0 Å². The van der Waals surface area contributed by atoms with Crippen LogP contribution in [-0.2, 0) is 4.79 Å². The molecule has 1 aliphatic rings. The van der Waals surface area contributed by atoms with E-state index in [2.05, 4.69) is 45.3 Å². The van der Waals surface area contributed by atoms with Gasteiger partial charge in [0.2, 0.25) is 0 Å². The molecule has 3 rings (SSSR count). The maximum atomic E-state index is 12.0. The van der Waals surface area contributed by atoms with Crippen molar-refractivity contribution in [3.05, 3.63) is 51.1 Å². The molecule has 0 radical (unpaired) electrons. The van der Waals surface area contributed by atoms with Crippen molar-refractivity contribution in [2.75, 3.05) is 31.8 Å². The molecular formula is C21H23IN2O4S2. The number of hydrogen-bond acceptors (Lipinski definition) is 7. The first-order chi connectivity index (χ1) is 14.6. The summed E-state index contributed by atoms with van der Waals surface area (Å²) in [6.07, 6.45) is 1.56. The summed E-state index contributed by atoms with van der Waals surface area (Å²) in [6.45, 7) is 2.34. The van der Waals surface area contributed by atoms with E-state index in [1.54, 1.807) is 13.3 Å². The van der Waals surface area contributed by atoms with Gasteiger partial charge in [-0.1, -0.05) is 12.1 Å². The Hall–Kier alpha value is -1.59. The van der Waals surface area contributed by atoms with Crippen LogP contribution < -0.4 is 19.6 Å². The molecule has 0 bridgehead atoms. The first-order valence-corrected chi connectivity index (χ1v) is 12.6. The zero-order valence-corrected chi connectivity index (χ0v) is 20.5. The number of ether oxygens (including phenoxy) is 3. The van der Waals surface area contributed by atoms with Crippen LogP contribution in [0.1, 0.15) is 22.6 Å². The van der Waals surface area contributed by atoms with Crippen molar-refractivity contribution in [2.24, 2.45) is 5.10 Å². The highest BCUT2D eigenvalue weighted by Crippen LogP contribution is 2.45. The summed E-state index contributed by atoms with van der Waals surface area (Å²) >= 11 is 6.09. The number of methoxy groups -OCH3 is 1. The number of rotatable bonds is 9. The second-order valence-electron chi connectivity index (χ2n) is 6.19. The van der Waals surface area contributed by atoms with Crippen molar-refractivity contribution >= 4 is 58.2 Å². The number of thioether (sulfide) groups is 2. The number of nitrogens with one attached hydrogen (secondary N) is 1. The highest BCUT2D eigenvalue weighted by Gasteiger charge is 2.18. The molecular weight excluding hydrogens is 535 g/mol. The van der Waals surface area contributed by atoms with Gasteiger partial charge in [0.1, 0.15) is 5.75 Å². The van der Waals surface area contributed by atoms with E-state index in [1.807, 2.05) is 54.7 Å². The third-order valence-corrected chi connectivity index (χ3v) is 7.99. The summed E-state index contributed by atoms with van der Waals surface area (Å²) in [5.74, 6) is 4.04. The van der Waals surface area contributed by atoms with Gasteiger partial charge in [-0.05, 0) is 64.9 Å². The lowest BCUT2D eigenvalue weighted by molar-refractivity contribution is -0.123. The maximum absolute atomic E-state index is 12.0. The quantitative estimate of drug-likeness (QED) is 0.273. The molecule has 0 aromatic heterocycles.